The minimum Gasteiger partial charge on any atom is -0.465 e. The third-order valence-electron chi connectivity index (χ3n) is 3.01. The predicted octanol–water partition coefficient (Wildman–Crippen LogP) is 3.19. The lowest BCUT2D eigenvalue weighted by Crippen LogP contribution is -2.05. The maximum Gasteiger partial charge on any atom is 0.337 e. The first-order valence-corrected chi connectivity index (χ1v) is 5.88. The van der Waals surface area contributed by atoms with E-state index in [1.54, 1.807) is 0 Å². The summed E-state index contributed by atoms with van der Waals surface area (Å²) < 4.78 is 6.90. The summed E-state index contributed by atoms with van der Waals surface area (Å²) in [6.07, 6.45) is 0. The molecule has 0 saturated carbocycles. The average molecular weight is 243 g/mol. The number of aryl methyl sites for hydroxylation is 3. The van der Waals surface area contributed by atoms with Crippen LogP contribution in [0.1, 0.15) is 27.3 Å². The van der Waals surface area contributed by atoms with Gasteiger partial charge in [0.05, 0.1) is 12.7 Å². The molecular formula is C15H17NO2. The van der Waals surface area contributed by atoms with Crippen LogP contribution in [0.3, 0.4) is 0 Å². The average Bonchev–Trinajstić information content (AvgIpc) is 2.67. The van der Waals surface area contributed by atoms with E-state index in [1.165, 1.54) is 7.11 Å². The van der Waals surface area contributed by atoms with Crippen molar-refractivity contribution in [3.63, 3.8) is 0 Å². The highest BCUT2D eigenvalue weighted by Gasteiger charge is 2.10. The van der Waals surface area contributed by atoms with Crippen molar-refractivity contribution in [2.45, 2.75) is 20.8 Å². The largest absolute Gasteiger partial charge is 0.465 e. The van der Waals surface area contributed by atoms with Crippen molar-refractivity contribution in [1.82, 2.24) is 4.57 Å². The predicted molar refractivity (Wildman–Crippen MR) is 71.3 cm³/mol. The summed E-state index contributed by atoms with van der Waals surface area (Å²) in [6.45, 7) is 6.07. The number of aromatic nitrogens is 1. The van der Waals surface area contributed by atoms with Gasteiger partial charge in [0.25, 0.3) is 0 Å². The number of carbonyl (C=O) groups excluding carboxylic acids is 1. The highest BCUT2D eigenvalue weighted by atomic mass is 16.5. The van der Waals surface area contributed by atoms with Gasteiger partial charge in [0, 0.05) is 17.1 Å². The molecule has 1 aromatic heterocycles. The van der Waals surface area contributed by atoms with E-state index in [0.29, 0.717) is 5.56 Å². The fraction of sp³-hybridized carbons (Fsp3) is 0.267. The Morgan fingerprint density at radius 2 is 1.67 bits per heavy atom. The Balaban J connectivity index is 2.59. The lowest BCUT2D eigenvalue weighted by molar-refractivity contribution is 0.0600. The van der Waals surface area contributed by atoms with Gasteiger partial charge >= 0.3 is 5.97 Å². The van der Waals surface area contributed by atoms with Gasteiger partial charge in [-0.2, -0.15) is 0 Å². The molecule has 1 heterocycles. The molecule has 0 spiro atoms. The summed E-state index contributed by atoms with van der Waals surface area (Å²) in [5, 5.41) is 0. The zero-order chi connectivity index (χ0) is 13.3. The minimum atomic E-state index is -0.303. The number of carbonyl (C=O) groups is 1. The third-order valence-corrected chi connectivity index (χ3v) is 3.01. The van der Waals surface area contributed by atoms with Gasteiger partial charge in [0.15, 0.2) is 0 Å². The summed E-state index contributed by atoms with van der Waals surface area (Å²) in [6, 6.07) is 9.89. The SMILES string of the molecule is COC(=O)c1cc(C)cc(-n2c(C)ccc2C)c1. The molecular weight excluding hydrogens is 226 g/mol. The van der Waals surface area contributed by atoms with E-state index in [2.05, 4.69) is 22.8 Å². The van der Waals surface area contributed by atoms with Crippen LogP contribution in [0.4, 0.5) is 0 Å². The highest BCUT2D eigenvalue weighted by Crippen LogP contribution is 2.19. The van der Waals surface area contributed by atoms with E-state index in [4.69, 9.17) is 4.74 Å². The summed E-state index contributed by atoms with van der Waals surface area (Å²) in [5.41, 5.74) is 4.92. The Morgan fingerprint density at radius 1 is 1.06 bits per heavy atom. The van der Waals surface area contributed by atoms with Gasteiger partial charge in [-0.25, -0.2) is 4.79 Å². The molecule has 0 fully saturated rings. The van der Waals surface area contributed by atoms with Gasteiger partial charge in [0.2, 0.25) is 0 Å². The molecule has 0 atom stereocenters. The molecule has 0 aliphatic rings. The molecule has 2 aromatic rings. The van der Waals surface area contributed by atoms with Crippen LogP contribution in [0.25, 0.3) is 5.69 Å². The van der Waals surface area contributed by atoms with Crippen molar-refractivity contribution in [1.29, 1.82) is 0 Å². The number of methoxy groups -OCH3 is 1. The molecule has 1 aromatic carbocycles. The van der Waals surface area contributed by atoms with Crippen molar-refractivity contribution in [3.05, 3.63) is 52.8 Å². The van der Waals surface area contributed by atoms with Crippen molar-refractivity contribution in [2.24, 2.45) is 0 Å². The van der Waals surface area contributed by atoms with Gasteiger partial charge in [-0.3, -0.25) is 0 Å². The first-order valence-electron chi connectivity index (χ1n) is 5.88. The standard InChI is InChI=1S/C15H17NO2/c1-10-7-13(15(17)18-4)9-14(8-10)16-11(2)5-6-12(16)3/h5-9H,1-4H3. The second-order valence-corrected chi connectivity index (χ2v) is 4.50. The van der Waals surface area contributed by atoms with Crippen LogP contribution in [0, 0.1) is 20.8 Å². The number of benzene rings is 1. The van der Waals surface area contributed by atoms with E-state index >= 15 is 0 Å². The maximum atomic E-state index is 11.6. The molecule has 94 valence electrons. The quantitative estimate of drug-likeness (QED) is 0.758. The molecule has 0 N–H and O–H groups in total. The molecule has 3 heteroatoms. The minimum absolute atomic E-state index is 0.303. The van der Waals surface area contributed by atoms with E-state index in [1.807, 2.05) is 32.9 Å². The van der Waals surface area contributed by atoms with Crippen LogP contribution >= 0.6 is 0 Å². The zero-order valence-corrected chi connectivity index (χ0v) is 11.2. The van der Waals surface area contributed by atoms with Crippen LogP contribution in [0.2, 0.25) is 0 Å². The summed E-state index contributed by atoms with van der Waals surface area (Å²) in [5.74, 6) is -0.303. The van der Waals surface area contributed by atoms with E-state index in [-0.39, 0.29) is 5.97 Å². The Hall–Kier alpha value is -2.03. The van der Waals surface area contributed by atoms with E-state index < -0.39 is 0 Å². The van der Waals surface area contributed by atoms with Crippen molar-refractivity contribution < 1.29 is 9.53 Å². The molecule has 0 radical (unpaired) electrons. The van der Waals surface area contributed by atoms with Crippen molar-refractivity contribution >= 4 is 5.97 Å². The fourth-order valence-electron chi connectivity index (χ4n) is 2.20. The normalized spacial score (nSPS) is 10.4. The molecule has 3 nitrogen and oxygen atoms in total. The second-order valence-electron chi connectivity index (χ2n) is 4.50. The number of rotatable bonds is 2. The van der Waals surface area contributed by atoms with Crippen molar-refractivity contribution in [2.75, 3.05) is 7.11 Å². The number of ether oxygens (including phenoxy) is 1. The molecule has 0 bridgehead atoms. The zero-order valence-electron chi connectivity index (χ0n) is 11.2. The van der Waals surface area contributed by atoms with Crippen LogP contribution < -0.4 is 0 Å². The number of hydrogen-bond acceptors (Lipinski definition) is 2. The Bertz CT molecular complexity index is 577. The van der Waals surface area contributed by atoms with Gasteiger partial charge in [0.1, 0.15) is 0 Å². The topological polar surface area (TPSA) is 31.2 Å². The number of hydrogen-bond donors (Lipinski definition) is 0. The summed E-state index contributed by atoms with van der Waals surface area (Å²) in [4.78, 5) is 11.6. The van der Waals surface area contributed by atoms with Gasteiger partial charge < -0.3 is 9.30 Å². The fourth-order valence-corrected chi connectivity index (χ4v) is 2.20. The van der Waals surface area contributed by atoms with Crippen molar-refractivity contribution in [3.8, 4) is 5.69 Å². The lowest BCUT2D eigenvalue weighted by Gasteiger charge is -2.12. The molecule has 0 amide bonds. The smallest absolute Gasteiger partial charge is 0.337 e. The van der Waals surface area contributed by atoms with Gasteiger partial charge in [-0.15, -0.1) is 0 Å². The van der Waals surface area contributed by atoms with E-state index in [9.17, 15) is 4.79 Å². The Morgan fingerprint density at radius 3 is 2.22 bits per heavy atom. The first-order chi connectivity index (χ1) is 8.52. The second kappa shape index (κ2) is 4.69. The highest BCUT2D eigenvalue weighted by molar-refractivity contribution is 5.90. The van der Waals surface area contributed by atoms with Gasteiger partial charge in [-0.05, 0) is 56.7 Å². The first kappa shape index (κ1) is 12.4. The molecule has 18 heavy (non-hydrogen) atoms. The van der Waals surface area contributed by atoms with Crippen LogP contribution in [-0.2, 0) is 4.74 Å². The van der Waals surface area contributed by atoms with Crippen LogP contribution in [0.15, 0.2) is 30.3 Å². The molecule has 0 aliphatic carbocycles. The molecule has 0 unspecified atom stereocenters. The number of esters is 1. The van der Waals surface area contributed by atoms with E-state index in [0.717, 1.165) is 22.6 Å². The molecule has 2 rings (SSSR count). The van der Waals surface area contributed by atoms with Crippen LogP contribution in [0.5, 0.6) is 0 Å². The maximum absolute atomic E-state index is 11.6. The monoisotopic (exact) mass is 243 g/mol. The lowest BCUT2D eigenvalue weighted by atomic mass is 10.1. The molecule has 0 aliphatic heterocycles. The number of nitrogens with zero attached hydrogens (tertiary/aromatic N) is 1. The van der Waals surface area contributed by atoms with Gasteiger partial charge in [-0.1, -0.05) is 0 Å². The third kappa shape index (κ3) is 2.16. The van der Waals surface area contributed by atoms with Crippen LogP contribution in [-0.4, -0.2) is 17.6 Å². The summed E-state index contributed by atoms with van der Waals surface area (Å²) in [7, 11) is 1.40. The Kier molecular flexibility index (Phi) is 3.24. The molecule has 0 saturated heterocycles. The Labute approximate surface area is 107 Å². The summed E-state index contributed by atoms with van der Waals surface area (Å²) >= 11 is 0.